The van der Waals surface area contributed by atoms with Crippen LogP contribution in [0.3, 0.4) is 0 Å². The minimum atomic E-state index is -0.817. The normalized spacial score (nSPS) is 10.2. The van der Waals surface area contributed by atoms with Crippen LogP contribution in [0.5, 0.6) is 0 Å². The lowest BCUT2D eigenvalue weighted by Crippen LogP contribution is -2.00. The third-order valence-electron chi connectivity index (χ3n) is 1.42. The Balaban J connectivity index is 2.45. The molecule has 1 rings (SSSR count). The molecule has 0 bridgehead atoms. The highest BCUT2D eigenvalue weighted by Crippen LogP contribution is 2.16. The van der Waals surface area contributed by atoms with Crippen LogP contribution < -0.4 is 5.73 Å². The standard InChI is InChI=1S/C6H10N4O2S/c1-10-5(7)8-9-6(10)13-3-2-4(11)12/h2-3H2,1H3,(H2,7,8)(H,11,12). The van der Waals surface area contributed by atoms with E-state index in [1.54, 1.807) is 11.6 Å². The lowest BCUT2D eigenvalue weighted by Gasteiger charge is -1.98. The zero-order chi connectivity index (χ0) is 9.84. The summed E-state index contributed by atoms with van der Waals surface area (Å²) in [6, 6.07) is 0. The maximum absolute atomic E-state index is 10.2. The third-order valence-corrected chi connectivity index (χ3v) is 2.44. The number of carbonyl (C=O) groups is 1. The third kappa shape index (κ3) is 2.62. The molecular formula is C6H10N4O2S. The van der Waals surface area contributed by atoms with Gasteiger partial charge in [0.1, 0.15) is 0 Å². The van der Waals surface area contributed by atoms with Crippen LogP contribution in [0.25, 0.3) is 0 Å². The molecule has 0 aliphatic heterocycles. The minimum Gasteiger partial charge on any atom is -0.481 e. The number of carboxylic acid groups (broad SMARTS) is 1. The van der Waals surface area contributed by atoms with Crippen LogP contribution in [0.4, 0.5) is 5.95 Å². The topological polar surface area (TPSA) is 94.0 Å². The van der Waals surface area contributed by atoms with Crippen molar-refractivity contribution in [3.05, 3.63) is 0 Å². The van der Waals surface area contributed by atoms with Gasteiger partial charge >= 0.3 is 5.97 Å². The smallest absolute Gasteiger partial charge is 0.304 e. The zero-order valence-electron chi connectivity index (χ0n) is 7.10. The first-order valence-electron chi connectivity index (χ1n) is 3.60. The van der Waals surface area contributed by atoms with Gasteiger partial charge in [-0.2, -0.15) is 0 Å². The summed E-state index contributed by atoms with van der Waals surface area (Å²) in [5.74, 6) is -0.0122. The number of nitrogens with zero attached hydrogens (tertiary/aromatic N) is 3. The summed E-state index contributed by atoms with van der Waals surface area (Å²) in [4.78, 5) is 10.2. The summed E-state index contributed by atoms with van der Waals surface area (Å²) in [7, 11) is 1.73. The molecule has 0 radical (unpaired) electrons. The Bertz CT molecular complexity index is 312. The van der Waals surface area contributed by atoms with E-state index in [0.29, 0.717) is 16.9 Å². The summed E-state index contributed by atoms with van der Waals surface area (Å²) in [6.07, 6.45) is 0.109. The second-order valence-corrected chi connectivity index (χ2v) is 3.45. The van der Waals surface area contributed by atoms with Crippen molar-refractivity contribution in [1.29, 1.82) is 0 Å². The quantitative estimate of drug-likeness (QED) is 0.665. The average molecular weight is 202 g/mol. The zero-order valence-corrected chi connectivity index (χ0v) is 7.91. The number of hydrogen-bond donors (Lipinski definition) is 2. The van der Waals surface area contributed by atoms with E-state index < -0.39 is 5.97 Å². The SMILES string of the molecule is Cn1c(N)nnc1SCCC(=O)O. The van der Waals surface area contributed by atoms with Crippen molar-refractivity contribution in [2.75, 3.05) is 11.5 Å². The Morgan fingerprint density at radius 2 is 2.38 bits per heavy atom. The number of nitrogen functional groups attached to an aromatic ring is 1. The van der Waals surface area contributed by atoms with Crippen LogP contribution in [0, 0.1) is 0 Å². The largest absolute Gasteiger partial charge is 0.481 e. The highest BCUT2D eigenvalue weighted by molar-refractivity contribution is 7.99. The molecule has 0 unspecified atom stereocenters. The second-order valence-electron chi connectivity index (χ2n) is 2.39. The maximum atomic E-state index is 10.2. The van der Waals surface area contributed by atoms with E-state index >= 15 is 0 Å². The van der Waals surface area contributed by atoms with Gasteiger partial charge in [-0.3, -0.25) is 9.36 Å². The van der Waals surface area contributed by atoms with Crippen molar-refractivity contribution in [1.82, 2.24) is 14.8 Å². The molecule has 0 amide bonds. The molecule has 7 heteroatoms. The maximum Gasteiger partial charge on any atom is 0.304 e. The van der Waals surface area contributed by atoms with Crippen LogP contribution in [0.2, 0.25) is 0 Å². The molecule has 0 aliphatic carbocycles. The Hall–Kier alpha value is -1.24. The van der Waals surface area contributed by atoms with Crippen molar-refractivity contribution in [2.45, 2.75) is 11.6 Å². The lowest BCUT2D eigenvalue weighted by atomic mass is 10.5. The molecule has 3 N–H and O–H groups in total. The number of aliphatic carboxylic acids is 1. The van der Waals surface area contributed by atoms with Crippen molar-refractivity contribution >= 4 is 23.7 Å². The number of nitrogens with two attached hydrogens (primary N) is 1. The molecule has 1 aromatic heterocycles. The van der Waals surface area contributed by atoms with Gasteiger partial charge in [-0.25, -0.2) is 0 Å². The van der Waals surface area contributed by atoms with Crippen LogP contribution in [-0.2, 0) is 11.8 Å². The molecule has 1 heterocycles. The van der Waals surface area contributed by atoms with Gasteiger partial charge in [0.05, 0.1) is 6.42 Å². The van der Waals surface area contributed by atoms with Crippen molar-refractivity contribution in [2.24, 2.45) is 7.05 Å². The highest BCUT2D eigenvalue weighted by atomic mass is 32.2. The van der Waals surface area contributed by atoms with Crippen molar-refractivity contribution < 1.29 is 9.90 Å². The molecular weight excluding hydrogens is 192 g/mol. The van der Waals surface area contributed by atoms with Gasteiger partial charge in [-0.15, -0.1) is 10.2 Å². The number of aromatic nitrogens is 3. The summed E-state index contributed by atoms with van der Waals surface area (Å²) in [5, 5.41) is 16.4. The summed E-state index contributed by atoms with van der Waals surface area (Å²) in [6.45, 7) is 0. The molecule has 72 valence electrons. The predicted octanol–water partition coefficient (Wildman–Crippen LogP) is -0.0359. The van der Waals surface area contributed by atoms with E-state index in [0.717, 1.165) is 0 Å². The molecule has 0 aromatic carbocycles. The Kier molecular flexibility index (Phi) is 3.13. The molecule has 0 saturated carbocycles. The fourth-order valence-electron chi connectivity index (χ4n) is 0.681. The van der Waals surface area contributed by atoms with E-state index in [1.165, 1.54) is 11.8 Å². The van der Waals surface area contributed by atoms with Crippen molar-refractivity contribution in [3.63, 3.8) is 0 Å². The van der Waals surface area contributed by atoms with E-state index in [1.807, 2.05) is 0 Å². The lowest BCUT2D eigenvalue weighted by molar-refractivity contribution is -0.136. The Labute approximate surface area is 79.1 Å². The van der Waals surface area contributed by atoms with E-state index in [-0.39, 0.29) is 6.42 Å². The van der Waals surface area contributed by atoms with Gasteiger partial charge in [0.2, 0.25) is 5.95 Å². The Morgan fingerprint density at radius 1 is 1.69 bits per heavy atom. The number of thioether (sulfide) groups is 1. The van der Waals surface area contributed by atoms with Gasteiger partial charge in [-0.05, 0) is 0 Å². The van der Waals surface area contributed by atoms with Gasteiger partial charge in [0.15, 0.2) is 5.16 Å². The van der Waals surface area contributed by atoms with Crippen LogP contribution in [0.15, 0.2) is 5.16 Å². The first-order chi connectivity index (χ1) is 6.11. The predicted molar refractivity (Wildman–Crippen MR) is 48.4 cm³/mol. The fraction of sp³-hybridized carbons (Fsp3) is 0.500. The average Bonchev–Trinajstić information content (AvgIpc) is 2.35. The summed E-state index contributed by atoms with van der Waals surface area (Å²) in [5.41, 5.74) is 5.43. The van der Waals surface area contributed by atoms with Crippen LogP contribution in [0.1, 0.15) is 6.42 Å². The number of hydrogen-bond acceptors (Lipinski definition) is 5. The molecule has 13 heavy (non-hydrogen) atoms. The molecule has 6 nitrogen and oxygen atoms in total. The first-order valence-corrected chi connectivity index (χ1v) is 4.59. The number of anilines is 1. The van der Waals surface area contributed by atoms with E-state index in [2.05, 4.69) is 10.2 Å². The summed E-state index contributed by atoms with van der Waals surface area (Å²) >= 11 is 1.32. The minimum absolute atomic E-state index is 0.109. The first kappa shape index (κ1) is 9.85. The van der Waals surface area contributed by atoms with E-state index in [4.69, 9.17) is 10.8 Å². The molecule has 0 aliphatic rings. The Morgan fingerprint density at radius 3 is 2.85 bits per heavy atom. The molecule has 0 spiro atoms. The summed E-state index contributed by atoms with van der Waals surface area (Å²) < 4.78 is 1.62. The number of carboxylic acids is 1. The van der Waals surface area contributed by atoms with Crippen LogP contribution in [-0.4, -0.2) is 31.6 Å². The van der Waals surface area contributed by atoms with Gasteiger partial charge in [0.25, 0.3) is 0 Å². The highest BCUT2D eigenvalue weighted by Gasteiger charge is 2.06. The van der Waals surface area contributed by atoms with Gasteiger partial charge in [0, 0.05) is 12.8 Å². The molecule has 0 saturated heterocycles. The molecule has 0 atom stereocenters. The van der Waals surface area contributed by atoms with Gasteiger partial charge < -0.3 is 10.8 Å². The van der Waals surface area contributed by atoms with Crippen molar-refractivity contribution in [3.8, 4) is 0 Å². The molecule has 0 fully saturated rings. The van der Waals surface area contributed by atoms with Gasteiger partial charge in [-0.1, -0.05) is 11.8 Å². The fourth-order valence-corrected chi connectivity index (χ4v) is 1.53. The van der Waals surface area contributed by atoms with E-state index in [9.17, 15) is 4.79 Å². The monoisotopic (exact) mass is 202 g/mol. The van der Waals surface area contributed by atoms with Crippen LogP contribution >= 0.6 is 11.8 Å². The number of rotatable bonds is 4. The second kappa shape index (κ2) is 4.13. The molecule has 1 aromatic rings.